The van der Waals surface area contributed by atoms with Crippen LogP contribution in [0, 0.1) is 25.2 Å². The Morgan fingerprint density at radius 2 is 1.74 bits per heavy atom. The van der Waals surface area contributed by atoms with Crippen molar-refractivity contribution in [1.82, 2.24) is 4.90 Å². The zero-order chi connectivity index (χ0) is 31.8. The summed E-state index contributed by atoms with van der Waals surface area (Å²) in [6.45, 7) is 12.6. The SMILES string of the molecule is Cc1ccc(S(=O)(=O)O[C@H]([C@@H]2[C@H](O[Si](C)(C)C(C)(C)C)CCN2C(=O)Nc2ccc(C#N)c(Cl)c2C)C(F)(F)F)cc1. The van der Waals surface area contributed by atoms with E-state index in [1.54, 1.807) is 13.8 Å². The molecule has 0 saturated carbocycles. The molecule has 3 rings (SSSR count). The van der Waals surface area contributed by atoms with Gasteiger partial charge in [-0.05, 0) is 68.2 Å². The maximum absolute atomic E-state index is 14.7. The Morgan fingerprint density at radius 3 is 2.26 bits per heavy atom. The number of halogens is 4. The predicted octanol–water partition coefficient (Wildman–Crippen LogP) is 7.16. The summed E-state index contributed by atoms with van der Waals surface area (Å²) >= 11 is 6.22. The fourth-order valence-corrected chi connectivity index (χ4v) is 7.01. The summed E-state index contributed by atoms with van der Waals surface area (Å²) in [6.07, 6.45) is -9.24. The van der Waals surface area contributed by atoms with Gasteiger partial charge in [0.15, 0.2) is 14.4 Å². The van der Waals surface area contributed by atoms with E-state index in [4.69, 9.17) is 20.2 Å². The molecule has 0 bridgehead atoms. The second-order valence-corrected chi connectivity index (χ2v) is 18.6. The van der Waals surface area contributed by atoms with Gasteiger partial charge in [0.2, 0.25) is 0 Å². The van der Waals surface area contributed by atoms with Gasteiger partial charge in [0, 0.05) is 12.2 Å². The van der Waals surface area contributed by atoms with Crippen molar-refractivity contribution in [2.45, 2.75) is 88.5 Å². The summed E-state index contributed by atoms with van der Waals surface area (Å²) in [5, 5.41) is 11.5. The molecule has 42 heavy (non-hydrogen) atoms. The number of nitriles is 1. The topological polar surface area (TPSA) is 109 Å². The van der Waals surface area contributed by atoms with Crippen LogP contribution in [0.15, 0.2) is 41.3 Å². The first kappa shape index (κ1) is 33.9. The van der Waals surface area contributed by atoms with Gasteiger partial charge in [-0.1, -0.05) is 50.1 Å². The van der Waals surface area contributed by atoms with E-state index in [2.05, 4.69) is 5.32 Å². The van der Waals surface area contributed by atoms with Crippen molar-refractivity contribution < 1.29 is 35.0 Å². The molecular weight excluding hydrogens is 611 g/mol. The minimum absolute atomic E-state index is 0.0260. The number of benzene rings is 2. The zero-order valence-corrected chi connectivity index (χ0v) is 27.0. The number of urea groups is 1. The normalized spacial score (nSPS) is 19.0. The fourth-order valence-electron chi connectivity index (χ4n) is 4.36. The van der Waals surface area contributed by atoms with Crippen molar-refractivity contribution in [2.75, 3.05) is 11.9 Å². The summed E-state index contributed by atoms with van der Waals surface area (Å²) in [5.41, 5.74) is 1.41. The van der Waals surface area contributed by atoms with Gasteiger partial charge in [0.05, 0.1) is 27.6 Å². The van der Waals surface area contributed by atoms with Crippen LogP contribution >= 0.6 is 11.6 Å². The van der Waals surface area contributed by atoms with Gasteiger partial charge in [0.1, 0.15) is 6.07 Å². The monoisotopic (exact) mass is 645 g/mol. The van der Waals surface area contributed by atoms with Crippen LogP contribution in [-0.2, 0) is 18.7 Å². The minimum Gasteiger partial charge on any atom is -0.412 e. The molecule has 1 fully saturated rings. The molecule has 8 nitrogen and oxygen atoms in total. The maximum Gasteiger partial charge on any atom is 0.418 e. The lowest BCUT2D eigenvalue weighted by atomic mass is 10.1. The molecule has 14 heteroatoms. The largest absolute Gasteiger partial charge is 0.418 e. The number of hydrogen-bond acceptors (Lipinski definition) is 6. The smallest absolute Gasteiger partial charge is 0.412 e. The summed E-state index contributed by atoms with van der Waals surface area (Å²) < 4.78 is 81.8. The molecule has 1 aliphatic heterocycles. The molecule has 230 valence electrons. The Labute approximate surface area is 251 Å². The van der Waals surface area contributed by atoms with Gasteiger partial charge >= 0.3 is 12.2 Å². The summed E-state index contributed by atoms with van der Waals surface area (Å²) in [5.74, 6) is 0. The third-order valence-corrected chi connectivity index (χ3v) is 14.1. The number of likely N-dealkylation sites (tertiary alicyclic amines) is 1. The van der Waals surface area contributed by atoms with Gasteiger partial charge in [-0.3, -0.25) is 4.18 Å². The van der Waals surface area contributed by atoms with Gasteiger partial charge < -0.3 is 14.6 Å². The predicted molar refractivity (Wildman–Crippen MR) is 156 cm³/mol. The lowest BCUT2D eigenvalue weighted by Crippen LogP contribution is -2.58. The highest BCUT2D eigenvalue weighted by atomic mass is 35.5. The highest BCUT2D eigenvalue weighted by Gasteiger charge is 2.58. The average molecular weight is 646 g/mol. The standard InChI is InChI=1S/C28H35ClF3N3O5SSi/c1-17-8-11-20(12-9-17)41(37,38)39-25(28(30,31)32)24-22(40-42(6,7)27(3,4)5)14-15-35(24)26(36)34-21-13-10-19(16-33)23(29)18(21)2/h8-13,22,24-25H,14-15H2,1-7H3,(H,34,36)/t22-,24+,25-/m1/s1. The Balaban J connectivity index is 2.07. The van der Waals surface area contributed by atoms with Gasteiger partial charge in [-0.2, -0.15) is 26.9 Å². The molecule has 0 aliphatic carbocycles. The second kappa shape index (κ2) is 12.2. The molecule has 2 amide bonds. The zero-order valence-electron chi connectivity index (χ0n) is 24.5. The molecule has 3 atom stereocenters. The Hall–Kier alpha value is -2.63. The van der Waals surface area contributed by atoms with Gasteiger partial charge in [-0.25, -0.2) is 4.79 Å². The lowest BCUT2D eigenvalue weighted by molar-refractivity contribution is -0.212. The van der Waals surface area contributed by atoms with Crippen molar-refractivity contribution in [3.63, 3.8) is 0 Å². The first-order valence-electron chi connectivity index (χ1n) is 13.2. The average Bonchev–Trinajstić information content (AvgIpc) is 3.27. The molecule has 0 aromatic heterocycles. The van der Waals surface area contributed by atoms with E-state index in [1.165, 1.54) is 24.3 Å². The van der Waals surface area contributed by atoms with Crippen LogP contribution in [0.3, 0.4) is 0 Å². The van der Waals surface area contributed by atoms with Crippen molar-refractivity contribution in [1.29, 1.82) is 5.26 Å². The maximum atomic E-state index is 14.7. The van der Waals surface area contributed by atoms with Crippen LogP contribution in [0.1, 0.15) is 43.9 Å². The minimum atomic E-state index is -5.19. The Morgan fingerprint density at radius 1 is 1.14 bits per heavy atom. The molecule has 0 radical (unpaired) electrons. The van der Waals surface area contributed by atoms with E-state index in [0.29, 0.717) is 11.1 Å². The Bertz CT molecular complexity index is 1470. The van der Waals surface area contributed by atoms with Crippen LogP contribution < -0.4 is 5.32 Å². The van der Waals surface area contributed by atoms with E-state index < -0.39 is 53.8 Å². The highest BCUT2D eigenvalue weighted by Crippen LogP contribution is 2.42. The van der Waals surface area contributed by atoms with Crippen molar-refractivity contribution in [3.05, 3.63) is 58.1 Å². The first-order chi connectivity index (χ1) is 19.2. The highest BCUT2D eigenvalue weighted by molar-refractivity contribution is 7.86. The lowest BCUT2D eigenvalue weighted by Gasteiger charge is -2.42. The molecular formula is C28H35ClF3N3O5SSi. The van der Waals surface area contributed by atoms with Gasteiger partial charge in [0.25, 0.3) is 10.1 Å². The summed E-state index contributed by atoms with van der Waals surface area (Å²) in [6, 6.07) is 7.20. The third kappa shape index (κ3) is 7.28. The van der Waals surface area contributed by atoms with Crippen molar-refractivity contribution in [3.8, 4) is 6.07 Å². The number of anilines is 1. The summed E-state index contributed by atoms with van der Waals surface area (Å²) in [7, 11) is -7.58. The van der Waals surface area contributed by atoms with E-state index >= 15 is 0 Å². The fraction of sp³-hybridized carbons (Fsp3) is 0.500. The van der Waals surface area contributed by atoms with Crippen LogP contribution in [0.5, 0.6) is 0 Å². The Kier molecular flexibility index (Phi) is 9.81. The van der Waals surface area contributed by atoms with E-state index in [-0.39, 0.29) is 34.3 Å². The number of nitrogens with one attached hydrogen (secondary N) is 1. The van der Waals surface area contributed by atoms with E-state index in [1.807, 2.05) is 39.9 Å². The molecule has 1 saturated heterocycles. The first-order valence-corrected chi connectivity index (χ1v) is 17.9. The molecule has 0 unspecified atom stereocenters. The summed E-state index contributed by atoms with van der Waals surface area (Å²) in [4.78, 5) is 14.0. The van der Waals surface area contributed by atoms with Crippen LogP contribution in [0.4, 0.5) is 23.7 Å². The number of nitrogens with zero attached hydrogens (tertiary/aromatic N) is 2. The van der Waals surface area contributed by atoms with Crippen LogP contribution in [0.2, 0.25) is 23.2 Å². The molecule has 1 heterocycles. The molecule has 1 N–H and O–H groups in total. The van der Waals surface area contributed by atoms with Crippen molar-refractivity contribution in [2.24, 2.45) is 0 Å². The molecule has 2 aromatic carbocycles. The van der Waals surface area contributed by atoms with Crippen LogP contribution in [-0.4, -0.2) is 58.6 Å². The quantitative estimate of drug-likeness (QED) is 0.253. The van der Waals surface area contributed by atoms with Crippen molar-refractivity contribution >= 4 is 41.8 Å². The third-order valence-electron chi connectivity index (χ3n) is 7.83. The number of alkyl halides is 3. The molecule has 0 spiro atoms. The molecule has 1 aliphatic rings. The second-order valence-electron chi connectivity index (χ2n) is 11.9. The van der Waals surface area contributed by atoms with E-state index in [0.717, 1.165) is 17.0 Å². The van der Waals surface area contributed by atoms with E-state index in [9.17, 15) is 31.6 Å². The van der Waals surface area contributed by atoms with Crippen LogP contribution in [0.25, 0.3) is 0 Å². The number of rotatable bonds is 7. The number of carbonyl (C=O) groups excluding carboxylic acids is 1. The number of amides is 2. The number of carbonyl (C=O) groups is 1. The molecule has 2 aromatic rings. The number of hydrogen-bond donors (Lipinski definition) is 1. The van der Waals surface area contributed by atoms with Gasteiger partial charge in [-0.15, -0.1) is 0 Å². The number of aryl methyl sites for hydroxylation is 1.